The fraction of sp³-hybridized carbons (Fsp3) is 0.381. The minimum atomic E-state index is -4.51. The van der Waals surface area contributed by atoms with Crippen molar-refractivity contribution in [2.24, 2.45) is 17.6 Å². The molecule has 1 aliphatic carbocycles. The molecule has 154 valence electrons. The van der Waals surface area contributed by atoms with Gasteiger partial charge in [-0.25, -0.2) is 0 Å². The van der Waals surface area contributed by atoms with Crippen LogP contribution in [0.2, 0.25) is 0 Å². The van der Waals surface area contributed by atoms with Crippen LogP contribution in [0.5, 0.6) is 0 Å². The Morgan fingerprint density at radius 1 is 1.17 bits per heavy atom. The van der Waals surface area contributed by atoms with Gasteiger partial charge in [-0.05, 0) is 49.4 Å². The van der Waals surface area contributed by atoms with Crippen molar-refractivity contribution in [3.63, 3.8) is 0 Å². The van der Waals surface area contributed by atoms with Crippen LogP contribution in [-0.4, -0.2) is 11.9 Å². The highest BCUT2D eigenvalue weighted by Crippen LogP contribution is 2.49. The summed E-state index contributed by atoms with van der Waals surface area (Å²) >= 11 is 1.26. The fourth-order valence-electron chi connectivity index (χ4n) is 4.10. The van der Waals surface area contributed by atoms with Crippen LogP contribution in [0.25, 0.3) is 0 Å². The smallest absolute Gasteiger partial charge is 0.352 e. The van der Waals surface area contributed by atoms with Gasteiger partial charge in [0.05, 0.1) is 22.6 Å². The summed E-state index contributed by atoms with van der Waals surface area (Å²) in [5, 5.41) is 5.94. The van der Waals surface area contributed by atoms with E-state index in [1.807, 2.05) is 31.2 Å². The number of alkyl halides is 3. The monoisotopic (exact) mass is 421 g/mol. The third-order valence-electron chi connectivity index (χ3n) is 5.40. The average Bonchev–Trinajstić information content (AvgIpc) is 2.65. The van der Waals surface area contributed by atoms with E-state index in [9.17, 15) is 18.0 Å². The molecule has 4 N–H and O–H groups in total. The van der Waals surface area contributed by atoms with Crippen LogP contribution < -0.4 is 16.4 Å². The van der Waals surface area contributed by atoms with Gasteiger partial charge in [-0.15, -0.1) is 0 Å². The minimum Gasteiger partial charge on any atom is -0.352 e. The lowest BCUT2D eigenvalue weighted by atomic mass is 9.79. The number of nitrogens with two attached hydrogens (primary N) is 1. The lowest BCUT2D eigenvalue weighted by Crippen LogP contribution is -2.37. The van der Waals surface area contributed by atoms with E-state index in [1.165, 1.54) is 11.8 Å². The molecular weight excluding hydrogens is 399 g/mol. The van der Waals surface area contributed by atoms with Gasteiger partial charge in [-0.1, -0.05) is 30.8 Å². The van der Waals surface area contributed by atoms with E-state index in [0.29, 0.717) is 29.3 Å². The van der Waals surface area contributed by atoms with E-state index in [2.05, 4.69) is 10.6 Å². The van der Waals surface area contributed by atoms with Gasteiger partial charge in [0.1, 0.15) is 0 Å². The Balaban J connectivity index is 1.68. The zero-order valence-corrected chi connectivity index (χ0v) is 16.7. The predicted octanol–water partition coefficient (Wildman–Crippen LogP) is 5.62. The standard InChI is InChI=1S/C21H22F3N3OS/c1-11-6-12(8-14(25)7-11)20(28)27-16-9-13(21(22,23)24)10-18-19(16)26-15-4-2-3-5-17(15)29-18/h2-5,9-12,14,26H,6-8,25H2,1H3,(H,27,28). The van der Waals surface area contributed by atoms with Crippen molar-refractivity contribution in [1.29, 1.82) is 0 Å². The SMILES string of the molecule is CC1CC(N)CC(C(=O)Nc2cc(C(F)(F)F)cc3c2Nc2ccccc2S3)C1. The van der Waals surface area contributed by atoms with Crippen LogP contribution >= 0.6 is 11.8 Å². The van der Waals surface area contributed by atoms with Gasteiger partial charge < -0.3 is 16.4 Å². The third kappa shape index (κ3) is 4.23. The molecule has 2 aliphatic rings. The molecule has 1 aliphatic heterocycles. The molecule has 1 fully saturated rings. The van der Waals surface area contributed by atoms with Crippen LogP contribution in [0, 0.1) is 11.8 Å². The minimum absolute atomic E-state index is 0.0644. The molecule has 0 bridgehead atoms. The molecule has 0 saturated heterocycles. The van der Waals surface area contributed by atoms with E-state index >= 15 is 0 Å². The molecule has 1 amide bonds. The highest BCUT2D eigenvalue weighted by atomic mass is 32.2. The van der Waals surface area contributed by atoms with Crippen molar-refractivity contribution in [3.05, 3.63) is 42.0 Å². The largest absolute Gasteiger partial charge is 0.416 e. The molecule has 3 atom stereocenters. The number of benzene rings is 2. The summed E-state index contributed by atoms with van der Waals surface area (Å²) < 4.78 is 40.4. The zero-order valence-electron chi connectivity index (χ0n) is 15.8. The molecule has 4 rings (SSSR count). The summed E-state index contributed by atoms with van der Waals surface area (Å²) in [5.41, 5.74) is 6.70. The number of anilines is 3. The molecule has 2 aromatic carbocycles. The summed E-state index contributed by atoms with van der Waals surface area (Å²) in [6.45, 7) is 2.04. The van der Waals surface area contributed by atoms with Crippen molar-refractivity contribution in [3.8, 4) is 0 Å². The Labute approximate surface area is 171 Å². The van der Waals surface area contributed by atoms with Crippen LogP contribution in [0.15, 0.2) is 46.2 Å². The van der Waals surface area contributed by atoms with Gasteiger partial charge in [-0.3, -0.25) is 4.79 Å². The molecule has 8 heteroatoms. The van der Waals surface area contributed by atoms with Gasteiger partial charge in [0.15, 0.2) is 0 Å². The van der Waals surface area contributed by atoms with Crippen molar-refractivity contribution in [2.45, 2.75) is 48.2 Å². The molecule has 1 saturated carbocycles. The van der Waals surface area contributed by atoms with E-state index in [0.717, 1.165) is 29.1 Å². The molecule has 0 spiro atoms. The van der Waals surface area contributed by atoms with Crippen molar-refractivity contribution >= 4 is 34.7 Å². The molecule has 29 heavy (non-hydrogen) atoms. The van der Waals surface area contributed by atoms with Crippen LogP contribution in [0.3, 0.4) is 0 Å². The second-order valence-electron chi connectivity index (χ2n) is 7.88. The third-order valence-corrected chi connectivity index (χ3v) is 6.52. The molecule has 1 heterocycles. The summed E-state index contributed by atoms with van der Waals surface area (Å²) in [7, 11) is 0. The van der Waals surface area contributed by atoms with E-state index in [-0.39, 0.29) is 23.6 Å². The summed E-state index contributed by atoms with van der Waals surface area (Å²) in [4.78, 5) is 14.1. The number of rotatable bonds is 2. The van der Waals surface area contributed by atoms with Gasteiger partial charge in [0, 0.05) is 21.8 Å². The average molecular weight is 421 g/mol. The lowest BCUT2D eigenvalue weighted by molar-refractivity contribution is -0.137. The number of hydrogen-bond acceptors (Lipinski definition) is 4. The maximum absolute atomic E-state index is 13.5. The molecule has 2 aromatic rings. The first-order valence-electron chi connectivity index (χ1n) is 9.56. The van der Waals surface area contributed by atoms with E-state index in [4.69, 9.17) is 5.73 Å². The molecule has 0 aromatic heterocycles. The maximum atomic E-state index is 13.5. The van der Waals surface area contributed by atoms with E-state index in [1.54, 1.807) is 0 Å². The Morgan fingerprint density at radius 2 is 1.93 bits per heavy atom. The first-order valence-corrected chi connectivity index (χ1v) is 10.4. The number of hydrogen-bond donors (Lipinski definition) is 3. The molecular formula is C21H22F3N3OS. The van der Waals surface area contributed by atoms with Crippen LogP contribution in [0.4, 0.5) is 30.2 Å². The summed E-state index contributed by atoms with van der Waals surface area (Å²) in [6.07, 6.45) is -2.42. The molecule has 0 radical (unpaired) electrons. The van der Waals surface area contributed by atoms with Gasteiger partial charge >= 0.3 is 6.18 Å². The fourth-order valence-corrected chi connectivity index (χ4v) is 5.17. The van der Waals surface area contributed by atoms with Gasteiger partial charge in [0.2, 0.25) is 5.91 Å². The Hall–Kier alpha value is -2.19. The lowest BCUT2D eigenvalue weighted by Gasteiger charge is -2.31. The predicted molar refractivity (Wildman–Crippen MR) is 108 cm³/mol. The van der Waals surface area contributed by atoms with Gasteiger partial charge in [-0.2, -0.15) is 13.2 Å². The number of halogens is 3. The van der Waals surface area contributed by atoms with Gasteiger partial charge in [0.25, 0.3) is 0 Å². The normalized spacial score (nSPS) is 23.6. The number of para-hydroxylation sites is 1. The topological polar surface area (TPSA) is 67.2 Å². The molecule has 4 nitrogen and oxygen atoms in total. The number of carbonyl (C=O) groups excluding carboxylic acids is 1. The Bertz CT molecular complexity index is 937. The zero-order chi connectivity index (χ0) is 20.8. The molecule has 3 unspecified atom stereocenters. The number of fused-ring (bicyclic) bond motifs is 2. The van der Waals surface area contributed by atoms with Crippen molar-refractivity contribution in [2.75, 3.05) is 10.6 Å². The van der Waals surface area contributed by atoms with E-state index < -0.39 is 11.7 Å². The highest BCUT2D eigenvalue weighted by Gasteiger charge is 2.35. The van der Waals surface area contributed by atoms with Crippen LogP contribution in [0.1, 0.15) is 31.7 Å². The number of nitrogens with one attached hydrogen (secondary N) is 2. The van der Waals surface area contributed by atoms with Crippen molar-refractivity contribution in [1.82, 2.24) is 0 Å². The maximum Gasteiger partial charge on any atom is 0.416 e. The Kier molecular flexibility index (Phi) is 5.25. The number of carbonyl (C=O) groups is 1. The number of amides is 1. The first kappa shape index (κ1) is 20.1. The summed E-state index contributed by atoms with van der Waals surface area (Å²) in [6, 6.07) is 9.45. The second-order valence-corrected chi connectivity index (χ2v) is 8.96. The second kappa shape index (κ2) is 7.57. The summed E-state index contributed by atoms with van der Waals surface area (Å²) in [5.74, 6) is -0.271. The van der Waals surface area contributed by atoms with Crippen LogP contribution in [-0.2, 0) is 11.0 Å². The van der Waals surface area contributed by atoms with Crippen molar-refractivity contribution < 1.29 is 18.0 Å². The Morgan fingerprint density at radius 3 is 2.66 bits per heavy atom. The highest BCUT2D eigenvalue weighted by molar-refractivity contribution is 7.99. The first-order chi connectivity index (χ1) is 13.7. The quantitative estimate of drug-likeness (QED) is 0.503.